The molecule has 0 saturated carbocycles. The Labute approximate surface area is 143 Å². The third-order valence-electron chi connectivity index (χ3n) is 4.28. The third-order valence-corrected chi connectivity index (χ3v) is 4.95. The molecule has 5 nitrogen and oxygen atoms in total. The molecule has 2 N–H and O–H groups in total. The maximum atomic E-state index is 11.0. The summed E-state index contributed by atoms with van der Waals surface area (Å²) < 4.78 is 0.506. The minimum atomic E-state index is -0.365. The first-order chi connectivity index (χ1) is 11.0. The summed E-state index contributed by atoms with van der Waals surface area (Å²) in [7, 11) is 0. The molecule has 1 heterocycles. The molecule has 0 spiro atoms. The molecule has 0 aliphatic carbocycles. The van der Waals surface area contributed by atoms with Crippen LogP contribution in [0, 0.1) is 10.1 Å². The Hall–Kier alpha value is -1.76. The van der Waals surface area contributed by atoms with Gasteiger partial charge in [-0.05, 0) is 33.1 Å². The molecule has 2 aromatic rings. The van der Waals surface area contributed by atoms with Crippen molar-refractivity contribution in [2.24, 2.45) is 5.73 Å². The largest absolute Gasteiger partial charge is 0.326 e. The lowest BCUT2D eigenvalue weighted by Gasteiger charge is -2.16. The van der Waals surface area contributed by atoms with Gasteiger partial charge >= 0.3 is 0 Å². The van der Waals surface area contributed by atoms with Crippen molar-refractivity contribution in [3.8, 4) is 0 Å². The van der Waals surface area contributed by atoms with Crippen LogP contribution in [0.5, 0.6) is 0 Å². The van der Waals surface area contributed by atoms with Gasteiger partial charge in [0.05, 0.1) is 9.40 Å². The van der Waals surface area contributed by atoms with E-state index in [-0.39, 0.29) is 16.7 Å². The van der Waals surface area contributed by atoms with Crippen molar-refractivity contribution in [1.82, 2.24) is 4.90 Å². The van der Waals surface area contributed by atoms with E-state index in [0.29, 0.717) is 16.9 Å². The molecule has 1 aliphatic rings. The molecule has 0 aromatic heterocycles. The van der Waals surface area contributed by atoms with Crippen molar-refractivity contribution in [2.45, 2.75) is 18.5 Å². The minimum Gasteiger partial charge on any atom is -0.326 e. The molecule has 1 fully saturated rings. The van der Waals surface area contributed by atoms with E-state index in [4.69, 9.17) is 5.73 Å². The quantitative estimate of drug-likeness (QED) is 0.657. The zero-order valence-corrected chi connectivity index (χ0v) is 14.1. The molecule has 23 heavy (non-hydrogen) atoms. The Kier molecular flexibility index (Phi) is 4.75. The van der Waals surface area contributed by atoms with Crippen LogP contribution in [0.2, 0.25) is 0 Å². The highest BCUT2D eigenvalue weighted by atomic mass is 79.9. The van der Waals surface area contributed by atoms with Gasteiger partial charge in [0.15, 0.2) is 0 Å². The molecule has 3 rings (SSSR count). The van der Waals surface area contributed by atoms with Gasteiger partial charge in [-0.15, -0.1) is 0 Å². The molecule has 6 heteroatoms. The summed E-state index contributed by atoms with van der Waals surface area (Å²) in [5.74, 6) is 0.307. The van der Waals surface area contributed by atoms with Gasteiger partial charge in [-0.3, -0.25) is 15.0 Å². The number of rotatable bonds is 4. The van der Waals surface area contributed by atoms with Crippen LogP contribution >= 0.6 is 15.9 Å². The van der Waals surface area contributed by atoms with Crippen LogP contribution in [-0.4, -0.2) is 29.0 Å². The number of hydrogen-bond donors (Lipinski definition) is 1. The highest BCUT2D eigenvalue weighted by Crippen LogP contribution is 2.29. The van der Waals surface area contributed by atoms with Gasteiger partial charge < -0.3 is 5.73 Å². The summed E-state index contributed by atoms with van der Waals surface area (Å²) in [6.07, 6.45) is 0. The van der Waals surface area contributed by atoms with Crippen LogP contribution in [0.1, 0.15) is 17.0 Å². The molecule has 0 radical (unpaired) electrons. The number of halogens is 1. The van der Waals surface area contributed by atoms with Crippen LogP contribution in [0.15, 0.2) is 53.0 Å². The normalized spacial score (nSPS) is 21.5. The number of nitrogens with zero attached hydrogens (tertiary/aromatic N) is 2. The summed E-state index contributed by atoms with van der Waals surface area (Å²) in [5, 5.41) is 11.0. The maximum Gasteiger partial charge on any atom is 0.283 e. The van der Waals surface area contributed by atoms with Crippen LogP contribution in [0.25, 0.3) is 0 Å². The van der Waals surface area contributed by atoms with Crippen molar-refractivity contribution >= 4 is 21.6 Å². The zero-order valence-electron chi connectivity index (χ0n) is 12.6. The van der Waals surface area contributed by atoms with Gasteiger partial charge in [0, 0.05) is 37.7 Å². The average Bonchev–Trinajstić information content (AvgIpc) is 2.90. The van der Waals surface area contributed by atoms with E-state index in [2.05, 4.69) is 33.0 Å². The molecule has 0 bridgehead atoms. The SMILES string of the molecule is N[C@@H]1CN(Cc2ccc(Br)c([N+](=O)[O-])c2)C[C@H]1c1ccccc1. The van der Waals surface area contributed by atoms with Crippen LogP contribution in [-0.2, 0) is 6.54 Å². The van der Waals surface area contributed by atoms with Crippen LogP contribution in [0.3, 0.4) is 0 Å². The predicted molar refractivity (Wildman–Crippen MR) is 93.2 cm³/mol. The fourth-order valence-electron chi connectivity index (χ4n) is 3.15. The standard InChI is InChI=1S/C17H18BrN3O2/c18-15-7-6-12(8-17(15)21(22)23)9-20-10-14(16(19)11-20)13-4-2-1-3-5-13/h1-8,14,16H,9-11,19H2/t14-,16+/m0/s1. The number of nitro groups is 1. The molecule has 0 amide bonds. The second-order valence-corrected chi connectivity index (χ2v) is 6.77. The Morgan fingerprint density at radius 3 is 2.65 bits per heavy atom. The third kappa shape index (κ3) is 3.60. The van der Waals surface area contributed by atoms with E-state index in [1.165, 1.54) is 5.56 Å². The second kappa shape index (κ2) is 6.78. The van der Waals surface area contributed by atoms with Crippen molar-refractivity contribution < 1.29 is 4.92 Å². The molecule has 0 unspecified atom stereocenters. The lowest BCUT2D eigenvalue weighted by Crippen LogP contribution is -2.28. The molecular weight excluding hydrogens is 358 g/mol. The van der Waals surface area contributed by atoms with E-state index in [1.807, 2.05) is 24.3 Å². The number of hydrogen-bond acceptors (Lipinski definition) is 4. The smallest absolute Gasteiger partial charge is 0.283 e. The number of nitro benzene ring substituents is 1. The molecule has 1 saturated heterocycles. The summed E-state index contributed by atoms with van der Waals surface area (Å²) in [5.41, 5.74) is 8.59. The lowest BCUT2D eigenvalue weighted by molar-refractivity contribution is -0.385. The predicted octanol–water partition coefficient (Wildman–Crippen LogP) is 3.28. The molecular formula is C17H18BrN3O2. The van der Waals surface area contributed by atoms with Gasteiger partial charge in [0.2, 0.25) is 0 Å². The summed E-state index contributed by atoms with van der Waals surface area (Å²) in [6.45, 7) is 2.34. The first-order valence-electron chi connectivity index (χ1n) is 7.50. The van der Waals surface area contributed by atoms with Crippen molar-refractivity contribution in [3.05, 3.63) is 74.2 Å². The van der Waals surface area contributed by atoms with Gasteiger partial charge in [-0.1, -0.05) is 36.4 Å². The molecule has 2 aromatic carbocycles. The number of nitrogens with two attached hydrogens (primary N) is 1. The molecule has 1 aliphatic heterocycles. The monoisotopic (exact) mass is 375 g/mol. The Bertz CT molecular complexity index is 708. The van der Waals surface area contributed by atoms with Gasteiger partial charge in [0.25, 0.3) is 5.69 Å². The molecule has 2 atom stereocenters. The van der Waals surface area contributed by atoms with E-state index >= 15 is 0 Å². The van der Waals surface area contributed by atoms with E-state index in [9.17, 15) is 10.1 Å². The van der Waals surface area contributed by atoms with Crippen LogP contribution < -0.4 is 5.73 Å². The first-order valence-corrected chi connectivity index (χ1v) is 8.29. The Balaban J connectivity index is 1.73. The number of likely N-dealkylation sites (tertiary alicyclic amines) is 1. The summed E-state index contributed by atoms with van der Waals surface area (Å²) in [6, 6.07) is 15.6. The summed E-state index contributed by atoms with van der Waals surface area (Å²) in [4.78, 5) is 12.9. The van der Waals surface area contributed by atoms with Crippen molar-refractivity contribution in [1.29, 1.82) is 0 Å². The average molecular weight is 376 g/mol. The van der Waals surface area contributed by atoms with Crippen molar-refractivity contribution in [3.63, 3.8) is 0 Å². The number of benzene rings is 2. The van der Waals surface area contributed by atoms with E-state index in [1.54, 1.807) is 12.1 Å². The lowest BCUT2D eigenvalue weighted by atomic mass is 9.95. The minimum absolute atomic E-state index is 0.0860. The maximum absolute atomic E-state index is 11.0. The fraction of sp³-hybridized carbons (Fsp3) is 0.294. The Morgan fingerprint density at radius 1 is 1.22 bits per heavy atom. The van der Waals surface area contributed by atoms with Gasteiger partial charge in [-0.25, -0.2) is 0 Å². The van der Waals surface area contributed by atoms with Crippen LogP contribution in [0.4, 0.5) is 5.69 Å². The second-order valence-electron chi connectivity index (χ2n) is 5.92. The van der Waals surface area contributed by atoms with Gasteiger partial charge in [-0.2, -0.15) is 0 Å². The van der Waals surface area contributed by atoms with Crippen molar-refractivity contribution in [2.75, 3.05) is 13.1 Å². The highest BCUT2D eigenvalue weighted by molar-refractivity contribution is 9.10. The topological polar surface area (TPSA) is 72.4 Å². The van der Waals surface area contributed by atoms with E-state index < -0.39 is 0 Å². The molecule has 120 valence electrons. The van der Waals surface area contributed by atoms with Gasteiger partial charge in [0.1, 0.15) is 0 Å². The Morgan fingerprint density at radius 2 is 1.96 bits per heavy atom. The highest BCUT2D eigenvalue weighted by Gasteiger charge is 2.31. The first kappa shape index (κ1) is 16.1. The zero-order chi connectivity index (χ0) is 16.4. The fourth-order valence-corrected chi connectivity index (χ4v) is 3.54. The summed E-state index contributed by atoms with van der Waals surface area (Å²) >= 11 is 3.22. The van der Waals surface area contributed by atoms with E-state index in [0.717, 1.165) is 18.7 Å².